The van der Waals surface area contributed by atoms with E-state index in [-0.39, 0.29) is 89.6 Å². The molecule has 2 radical (unpaired) electrons. The average molecular weight is 1760 g/mol. The van der Waals surface area contributed by atoms with Crippen LogP contribution in [0.2, 0.25) is 0 Å². The maximum Gasteiger partial charge on any atom is 0.204 e. The van der Waals surface area contributed by atoms with Gasteiger partial charge in [-0.05, 0) is 105 Å². The SMILES string of the molecule is C#Cc1cc(C(C)(C)C)ccn1.C#Cc1cc(C(C)(C)C)ncn1.C#Cc1cccc(C(C)(C)C)n1.C#Cc1ccnc(C(C)(C)C)n1.C#Cc1nccc(C(C)(C)C)n1.C#Cc1ncccc1C(C)(C)C.C=Cc1ccnc(C(C)(C)C)n1.CC(C)(C)c1[c-]nccc1.CC(C)(C)c1ccc[c-]n1.[Re].[Re]. The molecule has 0 aliphatic rings. The molecule has 9 rings (SSSR count). The van der Waals surface area contributed by atoms with E-state index >= 15 is 0 Å². The summed E-state index contributed by atoms with van der Waals surface area (Å²) >= 11 is 0. The molecule has 9 heterocycles. The summed E-state index contributed by atoms with van der Waals surface area (Å²) in [7, 11) is 0. The second kappa shape index (κ2) is 45.1. The molecule has 0 unspecified atom stereocenters. The molecular weight excluding hydrogens is 1650 g/mol. The molecule has 13 nitrogen and oxygen atoms in total. The standard InChI is InChI=1S/3C11H13N.2C10H12N2.C10H14N2.C10H12N2.2C9H12N.2Re/c1-5-10-8-9(6-7-12-10)11(2,3)4;1-5-10-9(11(2,3)4)7-6-8-12-10;1-5-9-7-6-8-10(12-9)11(2,3)4;1-5-8-6-9(10(2,3)4)12-7-11-8;1-5-9-11-7-6-8(12-9)10(2,3)4;2*1-5-8-6-7-11-9(12-8)10(2,3)4;1-9(2,3)8-5-4-6-10-7-8;1-9(2,3)8-6-4-5-7-10-8;;/h3*1,6-8H,2-4H3;2*1,6-7H,2-4H3;5-7H,1H2,2-4H3;1,6-7H,2-4H3;2*4-6H,1-3H3;;/q;;;;;;;2*-1;;. The van der Waals surface area contributed by atoms with Gasteiger partial charge in [0.2, 0.25) is 5.82 Å². The van der Waals surface area contributed by atoms with E-state index in [4.69, 9.17) is 38.5 Å². The van der Waals surface area contributed by atoms with Crippen molar-refractivity contribution in [1.29, 1.82) is 0 Å². The summed E-state index contributed by atoms with van der Waals surface area (Å²) in [6.45, 7) is 60.8. The first-order valence-electron chi connectivity index (χ1n) is 34.3. The van der Waals surface area contributed by atoms with E-state index < -0.39 is 0 Å². The molecule has 0 spiro atoms. The third-order valence-corrected chi connectivity index (χ3v) is 14.2. The number of terminal acetylenes is 6. The van der Waals surface area contributed by atoms with Crippen LogP contribution in [0, 0.1) is 86.5 Å². The number of aromatic nitrogens is 13. The van der Waals surface area contributed by atoms with Crippen molar-refractivity contribution in [3.63, 3.8) is 0 Å². The predicted molar refractivity (Wildman–Crippen MR) is 433 cm³/mol. The van der Waals surface area contributed by atoms with E-state index in [2.05, 4.69) is 306 Å². The summed E-state index contributed by atoms with van der Waals surface area (Å²) in [5, 5.41) is 0. The maximum atomic E-state index is 5.33. The van der Waals surface area contributed by atoms with Gasteiger partial charge in [0.25, 0.3) is 0 Å². The summed E-state index contributed by atoms with van der Waals surface area (Å²) in [6.07, 6.45) is 50.9. The number of nitrogens with zero attached hydrogens (tertiary/aromatic N) is 13. The fraction of sp³-hybridized carbons (Fsp3) is 0.396. The van der Waals surface area contributed by atoms with Crippen LogP contribution in [0.5, 0.6) is 0 Å². The zero-order valence-corrected chi connectivity index (χ0v) is 73.5. The smallest absolute Gasteiger partial charge is 0.204 e. The van der Waals surface area contributed by atoms with Crippen LogP contribution in [0.4, 0.5) is 0 Å². The summed E-state index contributed by atoms with van der Waals surface area (Å²) in [4.78, 5) is 53.7. The zero-order valence-electron chi connectivity index (χ0n) is 68.1. The predicted octanol–water partition coefficient (Wildman–Crippen LogP) is 19.1. The molecule has 0 aliphatic carbocycles. The third-order valence-electron chi connectivity index (χ3n) is 14.2. The van der Waals surface area contributed by atoms with Crippen LogP contribution in [0.25, 0.3) is 6.08 Å². The van der Waals surface area contributed by atoms with Crippen LogP contribution >= 0.6 is 0 Å². The van der Waals surface area contributed by atoms with Crippen molar-refractivity contribution in [1.82, 2.24) is 64.8 Å². The van der Waals surface area contributed by atoms with Gasteiger partial charge < -0.3 is 9.97 Å². The number of hydrogen-bond donors (Lipinski definition) is 0. The van der Waals surface area contributed by atoms with Crippen molar-refractivity contribution in [2.75, 3.05) is 0 Å². The van der Waals surface area contributed by atoms with Gasteiger partial charge in [-0.25, -0.2) is 54.8 Å². The fourth-order valence-electron chi connectivity index (χ4n) is 7.86. The van der Waals surface area contributed by atoms with Crippen molar-refractivity contribution in [3.05, 3.63) is 251 Å². The van der Waals surface area contributed by atoms with E-state index in [1.807, 2.05) is 91.0 Å². The second-order valence-corrected chi connectivity index (χ2v) is 33.0. The molecule has 0 bridgehead atoms. The topological polar surface area (TPSA) is 168 Å². The Morgan fingerprint density at radius 1 is 0.358 bits per heavy atom. The van der Waals surface area contributed by atoms with Crippen molar-refractivity contribution >= 4 is 6.08 Å². The molecule has 0 atom stereocenters. The molecule has 0 saturated heterocycles. The Labute approximate surface area is 667 Å². The Morgan fingerprint density at radius 3 is 1.29 bits per heavy atom. The van der Waals surface area contributed by atoms with Crippen molar-refractivity contribution < 1.29 is 40.8 Å². The molecule has 0 aliphatic heterocycles. The Hall–Kier alpha value is -9.51. The van der Waals surface area contributed by atoms with Gasteiger partial charge in [-0.2, -0.15) is 30.3 Å². The molecule has 106 heavy (non-hydrogen) atoms. The van der Waals surface area contributed by atoms with Crippen LogP contribution in [-0.4, -0.2) is 64.8 Å². The fourth-order valence-corrected chi connectivity index (χ4v) is 7.86. The van der Waals surface area contributed by atoms with Gasteiger partial charge in [-0.15, -0.1) is 44.1 Å². The molecule has 9 aromatic heterocycles. The van der Waals surface area contributed by atoms with Crippen LogP contribution in [0.3, 0.4) is 0 Å². The van der Waals surface area contributed by atoms with Crippen LogP contribution in [0.15, 0.2) is 147 Å². The number of rotatable bonds is 1. The minimum atomic E-state index is -0.0349. The number of hydrogen-bond acceptors (Lipinski definition) is 13. The molecule has 558 valence electrons. The molecule has 9 aromatic rings. The van der Waals surface area contributed by atoms with E-state index in [1.165, 1.54) is 11.9 Å². The summed E-state index contributed by atoms with van der Waals surface area (Å²) in [6, 6.07) is 30.8. The Balaban J connectivity index is 0. The monoisotopic (exact) mass is 1760 g/mol. The zero-order chi connectivity index (χ0) is 79.6. The third kappa shape index (κ3) is 39.0. The van der Waals surface area contributed by atoms with Gasteiger partial charge in [0.15, 0.2) is 0 Å². The quantitative estimate of drug-likeness (QED) is 0.113. The van der Waals surface area contributed by atoms with Gasteiger partial charge in [0.05, 0.1) is 17.1 Å². The maximum absolute atomic E-state index is 5.33. The van der Waals surface area contributed by atoms with Gasteiger partial charge in [-0.3, -0.25) is 0 Å². The summed E-state index contributed by atoms with van der Waals surface area (Å²) < 4.78 is 0. The normalized spacial score (nSPS) is 10.8. The van der Waals surface area contributed by atoms with E-state index in [1.54, 1.807) is 49.3 Å². The molecule has 0 fully saturated rings. The van der Waals surface area contributed by atoms with Crippen molar-refractivity contribution in [2.24, 2.45) is 0 Å². The Kier molecular flexibility index (Phi) is 41.9. The molecule has 0 N–H and O–H groups in total. The van der Waals surface area contributed by atoms with E-state index in [0.29, 0.717) is 28.6 Å². The summed E-state index contributed by atoms with van der Waals surface area (Å²) in [5.41, 5.74) is 12.6. The average Bonchev–Trinajstić information content (AvgIpc) is 0.868. The van der Waals surface area contributed by atoms with Gasteiger partial charge in [0.1, 0.15) is 46.4 Å². The van der Waals surface area contributed by atoms with Crippen LogP contribution in [-0.2, 0) is 89.6 Å². The first kappa shape index (κ1) is 98.5. The first-order valence-corrected chi connectivity index (χ1v) is 34.3. The Morgan fingerprint density at radius 2 is 0.858 bits per heavy atom. The minimum absolute atomic E-state index is 0. The van der Waals surface area contributed by atoms with E-state index in [9.17, 15) is 0 Å². The molecule has 0 aromatic carbocycles. The van der Waals surface area contributed by atoms with Gasteiger partial charge >= 0.3 is 0 Å². The van der Waals surface area contributed by atoms with Gasteiger partial charge in [0, 0.05) is 105 Å². The minimum Gasteiger partial charge on any atom is -0.394 e. The van der Waals surface area contributed by atoms with Crippen molar-refractivity contribution in [2.45, 2.75) is 236 Å². The van der Waals surface area contributed by atoms with Crippen molar-refractivity contribution in [3.8, 4) is 74.1 Å². The first-order chi connectivity index (χ1) is 48.0. The number of pyridine rings is 5. The molecule has 0 amide bonds. The molecule has 15 heteroatoms. The van der Waals surface area contributed by atoms with Gasteiger partial charge in [-0.1, -0.05) is 254 Å². The largest absolute Gasteiger partial charge is 0.394 e. The Bertz CT molecular complexity index is 3920. The van der Waals surface area contributed by atoms with E-state index in [0.717, 1.165) is 56.9 Å². The second-order valence-electron chi connectivity index (χ2n) is 33.0. The molecular formula is C91H113N13Re2-2. The van der Waals surface area contributed by atoms with Crippen LogP contribution < -0.4 is 0 Å². The van der Waals surface area contributed by atoms with Crippen LogP contribution in [0.1, 0.15) is 278 Å². The molecule has 0 saturated carbocycles. The summed E-state index contributed by atoms with van der Waals surface area (Å²) in [5.74, 6) is 17.2.